The van der Waals surface area contributed by atoms with Crippen molar-refractivity contribution in [2.75, 3.05) is 4.81 Å². The maximum Gasteiger partial charge on any atom is 0.329 e. The van der Waals surface area contributed by atoms with E-state index in [2.05, 4.69) is 114 Å². The molecule has 0 atom stereocenters. The van der Waals surface area contributed by atoms with Crippen molar-refractivity contribution in [3.05, 3.63) is 109 Å². The van der Waals surface area contributed by atoms with Crippen molar-refractivity contribution in [1.29, 1.82) is 0 Å². The van der Waals surface area contributed by atoms with Crippen molar-refractivity contribution < 1.29 is 0 Å². The predicted octanol–water partition coefficient (Wildman–Crippen LogP) is 5.74. The molecule has 1 nitrogen and oxygen atoms in total. The van der Waals surface area contributed by atoms with Crippen molar-refractivity contribution in [3.63, 3.8) is 0 Å². The van der Waals surface area contributed by atoms with Crippen LogP contribution in [0, 0.1) is 0 Å². The molecular formula is C28H18BN. The van der Waals surface area contributed by atoms with E-state index < -0.39 is 0 Å². The van der Waals surface area contributed by atoms with E-state index in [1.807, 2.05) is 0 Å². The molecule has 30 heavy (non-hydrogen) atoms. The highest BCUT2D eigenvalue weighted by Crippen LogP contribution is 2.46. The Balaban J connectivity index is 1.65. The largest absolute Gasteiger partial charge is 0.376 e. The number of fused-ring (bicyclic) bond motifs is 12. The van der Waals surface area contributed by atoms with Crippen LogP contribution in [0.25, 0.3) is 33.0 Å². The quantitative estimate of drug-likeness (QED) is 0.310. The lowest BCUT2D eigenvalue weighted by Gasteiger charge is -2.43. The summed E-state index contributed by atoms with van der Waals surface area (Å²) in [5, 5.41) is 2.57. The molecule has 0 radical (unpaired) electrons. The molecule has 0 fully saturated rings. The second-order valence-electron chi connectivity index (χ2n) is 8.18. The summed E-state index contributed by atoms with van der Waals surface area (Å²) in [6.45, 7) is 0.181. The van der Waals surface area contributed by atoms with Gasteiger partial charge in [0, 0.05) is 22.5 Å². The van der Waals surface area contributed by atoms with E-state index in [9.17, 15) is 0 Å². The Hall–Kier alpha value is -3.78. The lowest BCUT2D eigenvalue weighted by molar-refractivity contribution is 1.36. The van der Waals surface area contributed by atoms with Gasteiger partial charge in [0.15, 0.2) is 0 Å². The van der Waals surface area contributed by atoms with E-state index in [1.165, 1.54) is 55.3 Å². The summed E-state index contributed by atoms with van der Waals surface area (Å²) in [6.07, 6.45) is 0. The first kappa shape index (κ1) is 16.1. The van der Waals surface area contributed by atoms with Gasteiger partial charge in [0.05, 0.1) is 0 Å². The standard InChI is InChI=1S/C28H18BN/c1-2-10-20-18-28-24(17-19(20)9-1)22-12-4-7-15-26(22)29-25-14-6-3-11-21(25)23-13-5-8-16-27(23)30(28)29/h1-18H. The molecule has 0 N–H and O–H groups in total. The van der Waals surface area contributed by atoms with Gasteiger partial charge >= 0.3 is 6.85 Å². The number of benzene rings is 5. The minimum Gasteiger partial charge on any atom is -0.376 e. The Bertz CT molecular complexity index is 1470. The molecule has 0 aliphatic carbocycles. The van der Waals surface area contributed by atoms with Crippen LogP contribution in [0.1, 0.15) is 0 Å². The summed E-state index contributed by atoms with van der Waals surface area (Å²) in [5.41, 5.74) is 10.6. The van der Waals surface area contributed by atoms with Gasteiger partial charge in [-0.3, -0.25) is 0 Å². The Morgan fingerprint density at radius 2 is 0.967 bits per heavy atom. The average molecular weight is 379 g/mol. The normalized spacial score (nSPS) is 13.2. The second kappa shape index (κ2) is 5.87. The molecule has 2 aliphatic rings. The van der Waals surface area contributed by atoms with Crippen LogP contribution in [0.4, 0.5) is 11.4 Å². The summed E-state index contributed by atoms with van der Waals surface area (Å²) in [7, 11) is 0. The fourth-order valence-corrected chi connectivity index (χ4v) is 5.37. The molecule has 0 unspecified atom stereocenters. The van der Waals surface area contributed by atoms with Gasteiger partial charge in [-0.1, -0.05) is 91.0 Å². The Morgan fingerprint density at radius 3 is 1.70 bits per heavy atom. The molecule has 0 spiro atoms. The molecule has 7 rings (SSSR count). The van der Waals surface area contributed by atoms with Gasteiger partial charge in [-0.25, -0.2) is 0 Å². The number of rotatable bonds is 0. The maximum absolute atomic E-state index is 2.56. The second-order valence-corrected chi connectivity index (χ2v) is 8.18. The molecule has 0 amide bonds. The van der Waals surface area contributed by atoms with Gasteiger partial charge in [-0.05, 0) is 51.0 Å². The highest BCUT2D eigenvalue weighted by Gasteiger charge is 2.41. The van der Waals surface area contributed by atoms with Crippen LogP contribution in [0.2, 0.25) is 0 Å². The zero-order chi connectivity index (χ0) is 19.7. The Labute approximate surface area is 176 Å². The minimum absolute atomic E-state index is 0.181. The fourth-order valence-electron chi connectivity index (χ4n) is 5.37. The van der Waals surface area contributed by atoms with E-state index >= 15 is 0 Å². The van der Waals surface area contributed by atoms with E-state index in [0.717, 1.165) is 0 Å². The predicted molar refractivity (Wildman–Crippen MR) is 128 cm³/mol. The van der Waals surface area contributed by atoms with Crippen LogP contribution >= 0.6 is 0 Å². The third kappa shape index (κ3) is 2.03. The summed E-state index contributed by atoms with van der Waals surface area (Å²) in [6, 6.07) is 40.1. The molecule has 138 valence electrons. The first-order valence-corrected chi connectivity index (χ1v) is 10.5. The molecular weight excluding hydrogens is 361 g/mol. The summed E-state index contributed by atoms with van der Waals surface area (Å²) in [4.78, 5) is 2.56. The van der Waals surface area contributed by atoms with Crippen molar-refractivity contribution in [1.82, 2.24) is 0 Å². The topological polar surface area (TPSA) is 3.24 Å². The highest BCUT2D eigenvalue weighted by atomic mass is 15.1. The van der Waals surface area contributed by atoms with E-state index in [4.69, 9.17) is 0 Å². The maximum atomic E-state index is 2.56. The van der Waals surface area contributed by atoms with Crippen LogP contribution in [0.15, 0.2) is 109 Å². The highest BCUT2D eigenvalue weighted by molar-refractivity contribution is 6.92. The fraction of sp³-hybridized carbons (Fsp3) is 0. The smallest absolute Gasteiger partial charge is 0.329 e. The van der Waals surface area contributed by atoms with Crippen LogP contribution < -0.4 is 15.7 Å². The Morgan fingerprint density at radius 1 is 0.433 bits per heavy atom. The molecule has 2 aliphatic heterocycles. The third-order valence-electron chi connectivity index (χ3n) is 6.64. The average Bonchev–Trinajstić information content (AvgIpc) is 2.82. The van der Waals surface area contributed by atoms with Crippen molar-refractivity contribution >= 4 is 39.9 Å². The first-order chi connectivity index (χ1) is 14.9. The van der Waals surface area contributed by atoms with Gasteiger partial charge in [0.2, 0.25) is 0 Å². The number of hydrogen-bond acceptors (Lipinski definition) is 1. The van der Waals surface area contributed by atoms with E-state index in [0.29, 0.717) is 0 Å². The molecule has 0 aromatic heterocycles. The minimum atomic E-state index is 0.181. The van der Waals surface area contributed by atoms with Gasteiger partial charge in [0.1, 0.15) is 0 Å². The van der Waals surface area contributed by atoms with Crippen LogP contribution in [0.5, 0.6) is 0 Å². The molecule has 5 aromatic rings. The molecule has 2 heteroatoms. The molecule has 0 saturated carbocycles. The van der Waals surface area contributed by atoms with E-state index in [-0.39, 0.29) is 6.85 Å². The van der Waals surface area contributed by atoms with Crippen LogP contribution in [-0.4, -0.2) is 6.85 Å². The van der Waals surface area contributed by atoms with Crippen molar-refractivity contribution in [2.24, 2.45) is 0 Å². The lowest BCUT2D eigenvalue weighted by Crippen LogP contribution is -2.59. The molecule has 5 aromatic carbocycles. The van der Waals surface area contributed by atoms with Gasteiger partial charge in [-0.15, -0.1) is 0 Å². The van der Waals surface area contributed by atoms with Crippen molar-refractivity contribution in [2.45, 2.75) is 0 Å². The monoisotopic (exact) mass is 379 g/mol. The SMILES string of the molecule is c1ccc2c(c1)B1c3ccccc3-c3cc4ccccc4cc3N1c1ccccc1-2. The van der Waals surface area contributed by atoms with Gasteiger partial charge in [0.25, 0.3) is 0 Å². The van der Waals surface area contributed by atoms with E-state index in [1.54, 1.807) is 0 Å². The number of nitrogens with zero attached hydrogens (tertiary/aromatic N) is 1. The van der Waals surface area contributed by atoms with Crippen molar-refractivity contribution in [3.8, 4) is 22.3 Å². The molecule has 0 bridgehead atoms. The van der Waals surface area contributed by atoms with Gasteiger partial charge in [-0.2, -0.15) is 0 Å². The lowest BCUT2D eigenvalue weighted by atomic mass is 9.43. The van der Waals surface area contributed by atoms with Crippen LogP contribution in [-0.2, 0) is 0 Å². The summed E-state index contributed by atoms with van der Waals surface area (Å²) in [5.74, 6) is 0. The Kier molecular flexibility index (Phi) is 3.14. The summed E-state index contributed by atoms with van der Waals surface area (Å²) < 4.78 is 0. The van der Waals surface area contributed by atoms with Crippen LogP contribution in [0.3, 0.4) is 0 Å². The number of hydrogen-bond donors (Lipinski definition) is 0. The third-order valence-corrected chi connectivity index (χ3v) is 6.64. The zero-order valence-electron chi connectivity index (χ0n) is 16.4. The first-order valence-electron chi connectivity index (χ1n) is 10.5. The zero-order valence-corrected chi connectivity index (χ0v) is 16.4. The van der Waals surface area contributed by atoms with Gasteiger partial charge < -0.3 is 4.81 Å². The number of anilines is 2. The molecule has 2 heterocycles. The number of para-hydroxylation sites is 1. The summed E-state index contributed by atoms with van der Waals surface area (Å²) >= 11 is 0. The molecule has 0 saturated heterocycles.